The molecule has 0 bridgehead atoms. The molecule has 0 aromatic heterocycles. The number of nitrogens with zero attached hydrogens (tertiary/aromatic N) is 1. The van der Waals surface area contributed by atoms with Gasteiger partial charge in [-0.3, -0.25) is 9.59 Å². The third kappa shape index (κ3) is 37.2. The van der Waals surface area contributed by atoms with E-state index in [2.05, 4.69) is 32.6 Å². The van der Waals surface area contributed by atoms with Crippen LogP contribution >= 0.6 is 0 Å². The molecule has 0 aliphatic heterocycles. The van der Waals surface area contributed by atoms with Crippen LogP contribution in [0.5, 0.6) is 0 Å². The maximum atomic E-state index is 12.9. The second-order valence-electron chi connectivity index (χ2n) is 17.3. The zero-order valence-corrected chi connectivity index (χ0v) is 38.4. The van der Waals surface area contributed by atoms with Gasteiger partial charge in [0.1, 0.15) is 0 Å². The van der Waals surface area contributed by atoms with Crippen LogP contribution in [0.2, 0.25) is 0 Å². The fourth-order valence-electron chi connectivity index (χ4n) is 8.08. The van der Waals surface area contributed by atoms with E-state index in [0.717, 1.165) is 96.7 Å². The number of aliphatic hydroxyl groups excluding tert-OH is 1. The summed E-state index contributed by atoms with van der Waals surface area (Å²) in [6.45, 7) is 13.3. The van der Waals surface area contributed by atoms with Gasteiger partial charge in [-0.15, -0.1) is 0 Å². The van der Waals surface area contributed by atoms with E-state index in [-0.39, 0.29) is 30.4 Å². The second kappa shape index (κ2) is 45.0. The molecule has 0 spiro atoms. The molecule has 0 rings (SSSR count). The summed E-state index contributed by atoms with van der Waals surface area (Å²) in [4.78, 5) is 28.2. The maximum absolute atomic E-state index is 12.9. The molecule has 0 aliphatic rings. The summed E-state index contributed by atoms with van der Waals surface area (Å²) in [5.74, 6) is 0.329. The first-order valence-electron chi connectivity index (χ1n) is 25.2. The van der Waals surface area contributed by atoms with Crippen LogP contribution in [-0.2, 0) is 19.1 Å². The van der Waals surface area contributed by atoms with Crippen LogP contribution in [0.4, 0.5) is 0 Å². The number of unbranched alkanes of at least 4 members (excludes halogenated alkanes) is 26. The van der Waals surface area contributed by atoms with E-state index in [1.807, 2.05) is 0 Å². The fourth-order valence-corrected chi connectivity index (χ4v) is 8.08. The van der Waals surface area contributed by atoms with E-state index in [9.17, 15) is 14.7 Å². The van der Waals surface area contributed by atoms with Crippen molar-refractivity contribution in [2.24, 2.45) is 11.8 Å². The maximum Gasteiger partial charge on any atom is 0.308 e. The molecule has 2 atom stereocenters. The van der Waals surface area contributed by atoms with E-state index in [4.69, 9.17) is 9.47 Å². The Morgan fingerprint density at radius 1 is 0.375 bits per heavy atom. The van der Waals surface area contributed by atoms with Gasteiger partial charge >= 0.3 is 11.9 Å². The van der Waals surface area contributed by atoms with Gasteiger partial charge in [0, 0.05) is 6.54 Å². The van der Waals surface area contributed by atoms with E-state index < -0.39 is 0 Å². The second-order valence-corrected chi connectivity index (χ2v) is 17.3. The van der Waals surface area contributed by atoms with Crippen LogP contribution in [0.1, 0.15) is 259 Å². The van der Waals surface area contributed by atoms with Crippen molar-refractivity contribution in [3.05, 3.63) is 0 Å². The van der Waals surface area contributed by atoms with Crippen LogP contribution < -0.4 is 0 Å². The highest BCUT2D eigenvalue weighted by Gasteiger charge is 2.20. The van der Waals surface area contributed by atoms with Crippen LogP contribution in [-0.4, -0.2) is 61.4 Å². The Kier molecular flexibility index (Phi) is 44.0. The molecule has 0 aliphatic carbocycles. The Morgan fingerprint density at radius 2 is 0.643 bits per heavy atom. The van der Waals surface area contributed by atoms with E-state index in [0.29, 0.717) is 13.2 Å². The topological polar surface area (TPSA) is 76.1 Å². The molecule has 0 aromatic rings. The zero-order valence-electron chi connectivity index (χ0n) is 38.4. The molecule has 56 heavy (non-hydrogen) atoms. The summed E-state index contributed by atoms with van der Waals surface area (Å²) < 4.78 is 11.6. The van der Waals surface area contributed by atoms with Gasteiger partial charge in [-0.05, 0) is 64.5 Å². The van der Waals surface area contributed by atoms with Crippen molar-refractivity contribution in [1.82, 2.24) is 4.90 Å². The van der Waals surface area contributed by atoms with Crippen LogP contribution in [0.25, 0.3) is 0 Å². The van der Waals surface area contributed by atoms with Crippen molar-refractivity contribution < 1.29 is 24.2 Å². The van der Waals surface area contributed by atoms with Crippen LogP contribution in [0.15, 0.2) is 0 Å². The quantitative estimate of drug-likeness (QED) is 0.0489. The first-order chi connectivity index (χ1) is 27.5. The van der Waals surface area contributed by atoms with Gasteiger partial charge in [-0.25, -0.2) is 0 Å². The lowest BCUT2D eigenvalue weighted by Crippen LogP contribution is -2.29. The monoisotopic (exact) mass is 794 g/mol. The third-order valence-electron chi connectivity index (χ3n) is 11.9. The normalized spacial score (nSPS) is 12.7. The van der Waals surface area contributed by atoms with Gasteiger partial charge in [-0.2, -0.15) is 0 Å². The Labute approximate surface area is 350 Å². The molecule has 1 N–H and O–H groups in total. The fraction of sp³-hybridized carbons (Fsp3) is 0.960. The SMILES string of the molecule is CCCCCCCCC(CCCCCC)C(=O)OCCCCCCCCN(CCO)CCCCCCCCOC(=O)C(CCCCCC)CCCCCCCC. The Bertz CT molecular complexity index is 744. The summed E-state index contributed by atoms with van der Waals surface area (Å²) in [6, 6.07) is 0. The molecular weight excluding hydrogens is 695 g/mol. The number of aliphatic hydroxyl groups is 1. The van der Waals surface area contributed by atoms with Crippen molar-refractivity contribution in [2.75, 3.05) is 39.5 Å². The van der Waals surface area contributed by atoms with Gasteiger partial charge in [-0.1, -0.05) is 207 Å². The molecule has 0 amide bonds. The molecule has 0 aromatic carbocycles. The van der Waals surface area contributed by atoms with Crippen molar-refractivity contribution in [3.63, 3.8) is 0 Å². The van der Waals surface area contributed by atoms with Gasteiger partial charge in [0.25, 0.3) is 0 Å². The Morgan fingerprint density at radius 3 is 0.964 bits per heavy atom. The van der Waals surface area contributed by atoms with Crippen molar-refractivity contribution in [2.45, 2.75) is 259 Å². The number of carbonyl (C=O) groups excluding carboxylic acids is 2. The highest BCUT2D eigenvalue weighted by molar-refractivity contribution is 5.72. The highest BCUT2D eigenvalue weighted by atomic mass is 16.5. The zero-order chi connectivity index (χ0) is 41.0. The summed E-state index contributed by atoms with van der Waals surface area (Å²) in [6.07, 6.45) is 43.0. The third-order valence-corrected chi connectivity index (χ3v) is 11.9. The van der Waals surface area contributed by atoms with Crippen LogP contribution in [0, 0.1) is 11.8 Å². The standard InChI is InChI=1S/C50H99NO5/c1-5-9-13-17-23-31-39-47(37-29-15-11-7-3)49(53)55-45-35-27-21-19-25-33-41-51(43-44-52)42-34-26-20-22-28-36-46-56-50(54)48(38-30-16-12-8-4)40-32-24-18-14-10-6-2/h47-48,52H,5-46H2,1-4H3. The lowest BCUT2D eigenvalue weighted by molar-refractivity contribution is -0.150. The number of hydrogen-bond acceptors (Lipinski definition) is 6. The lowest BCUT2D eigenvalue weighted by Gasteiger charge is -2.21. The molecule has 0 saturated carbocycles. The smallest absolute Gasteiger partial charge is 0.308 e. The van der Waals surface area contributed by atoms with E-state index in [1.54, 1.807) is 0 Å². The first kappa shape index (κ1) is 54.9. The molecule has 0 saturated heterocycles. The number of esters is 2. The molecule has 6 heteroatoms. The van der Waals surface area contributed by atoms with Crippen molar-refractivity contribution in [1.29, 1.82) is 0 Å². The Balaban J connectivity index is 4.04. The number of rotatable bonds is 46. The number of ether oxygens (including phenoxy) is 2. The molecular formula is C50H99NO5. The highest BCUT2D eigenvalue weighted by Crippen LogP contribution is 2.22. The summed E-state index contributed by atoms with van der Waals surface area (Å²) in [5, 5.41) is 9.61. The van der Waals surface area contributed by atoms with Crippen molar-refractivity contribution >= 4 is 11.9 Å². The minimum Gasteiger partial charge on any atom is -0.465 e. The minimum absolute atomic E-state index is 0.0623. The Hall–Kier alpha value is -1.14. The van der Waals surface area contributed by atoms with Crippen LogP contribution in [0.3, 0.4) is 0 Å². The minimum atomic E-state index is 0.0623. The molecule has 2 unspecified atom stereocenters. The molecule has 6 nitrogen and oxygen atoms in total. The molecule has 0 fully saturated rings. The largest absolute Gasteiger partial charge is 0.465 e. The van der Waals surface area contributed by atoms with Gasteiger partial charge < -0.3 is 19.5 Å². The molecule has 334 valence electrons. The predicted molar refractivity (Wildman–Crippen MR) is 241 cm³/mol. The van der Waals surface area contributed by atoms with Crippen molar-refractivity contribution in [3.8, 4) is 0 Å². The van der Waals surface area contributed by atoms with Gasteiger partial charge in [0.15, 0.2) is 0 Å². The average Bonchev–Trinajstić information content (AvgIpc) is 3.20. The number of carbonyl (C=O) groups is 2. The van der Waals surface area contributed by atoms with Gasteiger partial charge in [0.05, 0.1) is 31.7 Å². The summed E-state index contributed by atoms with van der Waals surface area (Å²) in [7, 11) is 0. The first-order valence-corrected chi connectivity index (χ1v) is 25.2. The summed E-state index contributed by atoms with van der Waals surface area (Å²) >= 11 is 0. The predicted octanol–water partition coefficient (Wildman–Crippen LogP) is 14.7. The number of hydrogen-bond donors (Lipinski definition) is 1. The summed E-state index contributed by atoms with van der Waals surface area (Å²) in [5.41, 5.74) is 0. The van der Waals surface area contributed by atoms with E-state index >= 15 is 0 Å². The average molecular weight is 794 g/mol. The lowest BCUT2D eigenvalue weighted by atomic mass is 9.94. The molecule has 0 radical (unpaired) electrons. The molecule has 0 heterocycles. The van der Waals surface area contributed by atoms with Gasteiger partial charge in [0.2, 0.25) is 0 Å². The van der Waals surface area contributed by atoms with E-state index in [1.165, 1.54) is 154 Å².